The molecule has 1 aromatic carbocycles. The van der Waals surface area contributed by atoms with Crippen molar-refractivity contribution in [2.24, 2.45) is 0 Å². The van der Waals surface area contributed by atoms with E-state index < -0.39 is 5.60 Å². The van der Waals surface area contributed by atoms with Gasteiger partial charge in [0, 0.05) is 42.3 Å². The van der Waals surface area contributed by atoms with Gasteiger partial charge in [0.15, 0.2) is 5.60 Å². The number of hydrogen-bond donors (Lipinski definition) is 3. The molecule has 2 fully saturated rings. The number of hydrogen-bond acceptors (Lipinski definition) is 6. The van der Waals surface area contributed by atoms with Crippen molar-refractivity contribution in [1.29, 1.82) is 0 Å². The third-order valence-electron chi connectivity index (χ3n) is 6.37. The highest BCUT2D eigenvalue weighted by atomic mass is 32.1. The number of β-amino-alcohol motifs (C(OH)–C–C–N with tert-alkyl or cyclic N) is 1. The van der Waals surface area contributed by atoms with Gasteiger partial charge in [-0.25, -0.2) is 0 Å². The molecule has 3 heterocycles. The molecule has 1 unspecified atom stereocenters. The van der Waals surface area contributed by atoms with Gasteiger partial charge in [0.25, 0.3) is 11.8 Å². The first-order chi connectivity index (χ1) is 14.4. The molecule has 0 radical (unpaired) electrons. The molecule has 2 amide bonds. The Kier molecular flexibility index (Phi) is 5.99. The highest BCUT2D eigenvalue weighted by Gasteiger charge is 2.42. The van der Waals surface area contributed by atoms with Crippen LogP contribution in [0.5, 0.6) is 0 Å². The number of nitrogens with two attached hydrogens (primary N) is 1. The minimum absolute atomic E-state index is 0.000808. The fourth-order valence-corrected chi connectivity index (χ4v) is 5.73. The van der Waals surface area contributed by atoms with Gasteiger partial charge in [-0.1, -0.05) is 18.2 Å². The van der Waals surface area contributed by atoms with Crippen LogP contribution in [0.2, 0.25) is 0 Å². The molecule has 0 bridgehead atoms. The topological polar surface area (TPSA) is 98.9 Å². The maximum atomic E-state index is 13.2. The second-order valence-electron chi connectivity index (χ2n) is 8.33. The summed E-state index contributed by atoms with van der Waals surface area (Å²) < 4.78 is 1.03. The first-order valence-corrected chi connectivity index (χ1v) is 11.6. The number of benzene rings is 1. The number of rotatable bonds is 4. The molecular weight excluding hydrogens is 400 g/mol. The molecule has 2 aromatic rings. The van der Waals surface area contributed by atoms with Crippen LogP contribution in [0.1, 0.15) is 43.0 Å². The Morgan fingerprint density at radius 2 is 2.00 bits per heavy atom. The van der Waals surface area contributed by atoms with Crippen LogP contribution in [-0.2, 0) is 4.79 Å². The predicted octanol–water partition coefficient (Wildman–Crippen LogP) is 2.05. The monoisotopic (exact) mass is 430 g/mol. The van der Waals surface area contributed by atoms with E-state index in [1.54, 1.807) is 0 Å². The Hall–Kier alpha value is -2.16. The molecule has 7 nitrogen and oxygen atoms in total. The second kappa shape index (κ2) is 8.53. The summed E-state index contributed by atoms with van der Waals surface area (Å²) in [5.41, 5.74) is 5.49. The van der Waals surface area contributed by atoms with Crippen molar-refractivity contribution in [3.05, 3.63) is 29.8 Å². The highest BCUT2D eigenvalue weighted by Crippen LogP contribution is 2.35. The summed E-state index contributed by atoms with van der Waals surface area (Å²) in [5, 5.41) is 15.1. The maximum absolute atomic E-state index is 13.2. The smallest absolute Gasteiger partial charge is 0.257 e. The zero-order chi connectivity index (χ0) is 21.3. The van der Waals surface area contributed by atoms with Crippen LogP contribution in [0.4, 0.5) is 5.00 Å². The lowest BCUT2D eigenvalue weighted by molar-refractivity contribution is -0.147. The van der Waals surface area contributed by atoms with E-state index in [1.807, 2.05) is 36.1 Å². The fourth-order valence-electron chi connectivity index (χ4n) is 4.77. The second-order valence-corrected chi connectivity index (χ2v) is 9.41. The molecule has 0 saturated carbocycles. The summed E-state index contributed by atoms with van der Waals surface area (Å²) in [4.78, 5) is 29.6. The van der Waals surface area contributed by atoms with Crippen LogP contribution < -0.4 is 11.1 Å². The number of aliphatic hydroxyl groups is 1. The van der Waals surface area contributed by atoms with E-state index in [0.717, 1.165) is 35.9 Å². The lowest BCUT2D eigenvalue weighted by Crippen LogP contribution is -2.60. The van der Waals surface area contributed by atoms with E-state index in [1.165, 1.54) is 11.3 Å². The number of nitrogens with zero attached hydrogens (tertiary/aromatic N) is 2. The largest absolute Gasteiger partial charge is 0.390 e. The average molecular weight is 431 g/mol. The normalized spacial score (nSPS) is 23.6. The molecule has 1 aromatic heterocycles. The standard InChI is InChI=1S/C22H30N4O3S/c1-2-24-21(28)22(29)10-5-11-26(14-22)15-8-12-25(13-9-15)20(27)18-16-6-3-4-7-17(16)30-19(18)23/h3-4,6-7,15,29H,2,5,8-14,23H2,1H3,(H,24,28). The summed E-state index contributed by atoms with van der Waals surface area (Å²) >= 11 is 1.46. The van der Waals surface area contributed by atoms with Crippen molar-refractivity contribution in [2.75, 3.05) is 38.5 Å². The number of nitrogens with one attached hydrogen (secondary N) is 1. The van der Waals surface area contributed by atoms with Crippen molar-refractivity contribution in [3.63, 3.8) is 0 Å². The fraction of sp³-hybridized carbons (Fsp3) is 0.545. The average Bonchev–Trinajstić information content (AvgIpc) is 3.09. The molecule has 2 aliphatic rings. The van der Waals surface area contributed by atoms with Crippen LogP contribution in [0.15, 0.2) is 24.3 Å². The van der Waals surface area contributed by atoms with Gasteiger partial charge in [-0.3, -0.25) is 14.5 Å². The van der Waals surface area contributed by atoms with Gasteiger partial charge in [-0.05, 0) is 45.2 Å². The third kappa shape index (κ3) is 3.91. The van der Waals surface area contributed by atoms with Gasteiger partial charge in [-0.15, -0.1) is 11.3 Å². The number of likely N-dealkylation sites (N-methyl/N-ethyl adjacent to an activating group) is 1. The lowest BCUT2D eigenvalue weighted by atomic mass is 9.89. The Balaban J connectivity index is 1.41. The van der Waals surface area contributed by atoms with E-state index in [4.69, 9.17) is 5.73 Å². The molecule has 4 N–H and O–H groups in total. The van der Waals surface area contributed by atoms with Crippen molar-refractivity contribution in [1.82, 2.24) is 15.1 Å². The zero-order valence-electron chi connectivity index (χ0n) is 17.4. The molecule has 1 atom stereocenters. The predicted molar refractivity (Wildman–Crippen MR) is 120 cm³/mol. The van der Waals surface area contributed by atoms with Gasteiger partial charge in [-0.2, -0.15) is 0 Å². The summed E-state index contributed by atoms with van der Waals surface area (Å²) in [6.07, 6.45) is 2.96. The first-order valence-electron chi connectivity index (χ1n) is 10.7. The summed E-state index contributed by atoms with van der Waals surface area (Å²) in [5.74, 6) is -0.275. The van der Waals surface area contributed by atoms with Crippen LogP contribution in [0.25, 0.3) is 10.1 Å². The molecule has 2 aliphatic heterocycles. The van der Waals surface area contributed by atoms with Crippen molar-refractivity contribution in [3.8, 4) is 0 Å². The van der Waals surface area contributed by atoms with Crippen LogP contribution in [0.3, 0.4) is 0 Å². The quantitative estimate of drug-likeness (QED) is 0.690. The van der Waals surface area contributed by atoms with Crippen molar-refractivity contribution in [2.45, 2.75) is 44.2 Å². The summed E-state index contributed by atoms with van der Waals surface area (Å²) in [7, 11) is 0. The molecule has 2 saturated heterocycles. The number of nitrogen functional groups attached to an aromatic ring is 1. The number of likely N-dealkylation sites (tertiary alicyclic amines) is 2. The van der Waals surface area contributed by atoms with E-state index in [2.05, 4.69) is 10.2 Å². The molecule has 4 rings (SSSR count). The number of thiophene rings is 1. The van der Waals surface area contributed by atoms with Crippen LogP contribution >= 0.6 is 11.3 Å². The van der Waals surface area contributed by atoms with Gasteiger partial charge < -0.3 is 21.1 Å². The molecule has 0 spiro atoms. The SMILES string of the molecule is CCNC(=O)C1(O)CCCN(C2CCN(C(=O)c3c(N)sc4ccccc34)CC2)C1. The number of piperidine rings is 2. The molecular formula is C22H30N4O3S. The number of anilines is 1. The highest BCUT2D eigenvalue weighted by molar-refractivity contribution is 7.23. The Bertz CT molecular complexity index is 938. The van der Waals surface area contributed by atoms with Gasteiger partial charge in [0.1, 0.15) is 0 Å². The van der Waals surface area contributed by atoms with Gasteiger partial charge in [0.2, 0.25) is 0 Å². The Morgan fingerprint density at radius 1 is 1.27 bits per heavy atom. The van der Waals surface area contributed by atoms with Crippen molar-refractivity contribution >= 4 is 38.2 Å². The first kappa shape index (κ1) is 21.1. The maximum Gasteiger partial charge on any atom is 0.257 e. The lowest BCUT2D eigenvalue weighted by Gasteiger charge is -2.44. The Labute approximate surface area is 180 Å². The molecule has 162 valence electrons. The molecule has 0 aliphatic carbocycles. The molecule has 8 heteroatoms. The van der Waals surface area contributed by atoms with E-state index in [9.17, 15) is 14.7 Å². The number of carbonyl (C=O) groups is 2. The number of carbonyl (C=O) groups excluding carboxylic acids is 2. The van der Waals surface area contributed by atoms with Crippen LogP contribution in [-0.4, -0.2) is 71.1 Å². The molecule has 30 heavy (non-hydrogen) atoms. The van der Waals surface area contributed by atoms with E-state index in [-0.39, 0.29) is 17.9 Å². The number of fused-ring (bicyclic) bond motifs is 1. The van der Waals surface area contributed by atoms with Gasteiger partial charge in [0.05, 0.1) is 10.6 Å². The third-order valence-corrected chi connectivity index (χ3v) is 7.36. The van der Waals surface area contributed by atoms with Crippen LogP contribution in [0, 0.1) is 0 Å². The van der Waals surface area contributed by atoms with Gasteiger partial charge >= 0.3 is 0 Å². The summed E-state index contributed by atoms with van der Waals surface area (Å²) in [6.45, 7) is 4.93. The summed E-state index contributed by atoms with van der Waals surface area (Å²) in [6, 6.07) is 8.11. The van der Waals surface area contributed by atoms with Crippen molar-refractivity contribution < 1.29 is 14.7 Å². The minimum atomic E-state index is -1.31. The Morgan fingerprint density at radius 3 is 2.73 bits per heavy atom. The number of amides is 2. The zero-order valence-corrected chi connectivity index (χ0v) is 18.2. The van der Waals surface area contributed by atoms with E-state index >= 15 is 0 Å². The van der Waals surface area contributed by atoms with E-state index in [0.29, 0.717) is 43.2 Å². The minimum Gasteiger partial charge on any atom is -0.390 e.